The lowest BCUT2D eigenvalue weighted by Gasteiger charge is -2.12. The van der Waals surface area contributed by atoms with Crippen molar-refractivity contribution in [3.8, 4) is 11.5 Å². The van der Waals surface area contributed by atoms with Crippen molar-refractivity contribution >= 4 is 17.3 Å². The van der Waals surface area contributed by atoms with Crippen LogP contribution in [-0.4, -0.2) is 18.3 Å². The third-order valence-corrected chi connectivity index (χ3v) is 3.65. The standard InChI is InChI=1S/C19H24N2O2S/c1-14(2)23-18-10-6-16(7-11-18)13-21-19(24)20-12-15-4-8-17(22-3)9-5-15/h4-11,14H,12-13H2,1-3H3,(H2,20,21,24). The first-order valence-corrected chi connectivity index (χ1v) is 8.38. The molecule has 2 rings (SSSR count). The van der Waals surface area contributed by atoms with Crippen molar-refractivity contribution in [2.75, 3.05) is 7.11 Å². The van der Waals surface area contributed by atoms with Crippen LogP contribution in [0, 0.1) is 0 Å². The first-order valence-electron chi connectivity index (χ1n) is 7.97. The van der Waals surface area contributed by atoms with Gasteiger partial charge in [0.2, 0.25) is 0 Å². The Morgan fingerprint density at radius 2 is 1.33 bits per heavy atom. The van der Waals surface area contributed by atoms with Gasteiger partial charge in [-0.2, -0.15) is 0 Å². The van der Waals surface area contributed by atoms with E-state index >= 15 is 0 Å². The van der Waals surface area contributed by atoms with E-state index in [2.05, 4.69) is 10.6 Å². The molecule has 0 aliphatic rings. The summed E-state index contributed by atoms with van der Waals surface area (Å²) in [6, 6.07) is 15.9. The maximum atomic E-state index is 5.63. The van der Waals surface area contributed by atoms with E-state index in [-0.39, 0.29) is 6.10 Å². The van der Waals surface area contributed by atoms with E-state index in [4.69, 9.17) is 21.7 Å². The molecular formula is C19H24N2O2S. The fourth-order valence-corrected chi connectivity index (χ4v) is 2.27. The van der Waals surface area contributed by atoms with Crippen molar-refractivity contribution in [1.82, 2.24) is 10.6 Å². The third kappa shape index (κ3) is 6.08. The fraction of sp³-hybridized carbons (Fsp3) is 0.316. The first kappa shape index (κ1) is 18.1. The number of ether oxygens (including phenoxy) is 2. The van der Waals surface area contributed by atoms with Gasteiger partial charge in [0.15, 0.2) is 5.11 Å². The summed E-state index contributed by atoms with van der Waals surface area (Å²) in [7, 11) is 1.66. The van der Waals surface area contributed by atoms with Gasteiger partial charge in [0, 0.05) is 13.1 Å². The average Bonchev–Trinajstić information content (AvgIpc) is 2.59. The molecule has 0 atom stereocenters. The Bertz CT molecular complexity index is 639. The minimum Gasteiger partial charge on any atom is -0.497 e. The van der Waals surface area contributed by atoms with E-state index in [1.807, 2.05) is 62.4 Å². The molecule has 2 aromatic rings. The van der Waals surface area contributed by atoms with Crippen LogP contribution in [0.3, 0.4) is 0 Å². The van der Waals surface area contributed by atoms with Gasteiger partial charge in [-0.1, -0.05) is 24.3 Å². The number of methoxy groups -OCH3 is 1. The maximum Gasteiger partial charge on any atom is 0.166 e. The molecule has 2 aromatic carbocycles. The molecular weight excluding hydrogens is 320 g/mol. The molecule has 0 spiro atoms. The largest absolute Gasteiger partial charge is 0.497 e. The molecule has 0 amide bonds. The summed E-state index contributed by atoms with van der Waals surface area (Å²) < 4.78 is 10.8. The molecule has 128 valence electrons. The molecule has 0 saturated heterocycles. The summed E-state index contributed by atoms with van der Waals surface area (Å²) in [6.07, 6.45) is 0.184. The van der Waals surface area contributed by atoms with Crippen LogP contribution >= 0.6 is 12.2 Å². The van der Waals surface area contributed by atoms with Crippen molar-refractivity contribution in [2.45, 2.75) is 33.0 Å². The highest BCUT2D eigenvalue weighted by Crippen LogP contribution is 2.14. The molecule has 0 saturated carbocycles. The van der Waals surface area contributed by atoms with Crippen LogP contribution in [0.1, 0.15) is 25.0 Å². The highest BCUT2D eigenvalue weighted by atomic mass is 32.1. The van der Waals surface area contributed by atoms with E-state index in [9.17, 15) is 0 Å². The lowest BCUT2D eigenvalue weighted by atomic mass is 10.2. The van der Waals surface area contributed by atoms with Crippen LogP contribution in [0.5, 0.6) is 11.5 Å². The minimum atomic E-state index is 0.184. The molecule has 0 radical (unpaired) electrons. The summed E-state index contributed by atoms with van der Waals surface area (Å²) in [5.74, 6) is 1.73. The second-order valence-corrected chi connectivity index (χ2v) is 6.10. The molecule has 0 unspecified atom stereocenters. The van der Waals surface area contributed by atoms with Crippen LogP contribution in [0.4, 0.5) is 0 Å². The molecule has 5 heteroatoms. The van der Waals surface area contributed by atoms with Gasteiger partial charge in [-0.15, -0.1) is 0 Å². The lowest BCUT2D eigenvalue weighted by molar-refractivity contribution is 0.242. The van der Waals surface area contributed by atoms with E-state index in [1.165, 1.54) is 0 Å². The number of nitrogens with one attached hydrogen (secondary N) is 2. The van der Waals surface area contributed by atoms with Crippen LogP contribution < -0.4 is 20.1 Å². The zero-order valence-electron chi connectivity index (χ0n) is 14.3. The van der Waals surface area contributed by atoms with E-state index < -0.39 is 0 Å². The van der Waals surface area contributed by atoms with E-state index in [0.29, 0.717) is 18.2 Å². The summed E-state index contributed by atoms with van der Waals surface area (Å²) >= 11 is 5.31. The number of hydrogen-bond acceptors (Lipinski definition) is 3. The molecule has 0 aromatic heterocycles. The lowest BCUT2D eigenvalue weighted by Crippen LogP contribution is -2.34. The quantitative estimate of drug-likeness (QED) is 0.751. The van der Waals surface area contributed by atoms with E-state index in [0.717, 1.165) is 22.6 Å². The zero-order chi connectivity index (χ0) is 17.4. The van der Waals surface area contributed by atoms with Crippen molar-refractivity contribution in [3.05, 3.63) is 59.7 Å². The zero-order valence-corrected chi connectivity index (χ0v) is 15.2. The first-order chi connectivity index (χ1) is 11.6. The van der Waals surface area contributed by atoms with Crippen LogP contribution in [0.25, 0.3) is 0 Å². The van der Waals surface area contributed by atoms with Gasteiger partial charge in [-0.05, 0) is 61.5 Å². The molecule has 0 heterocycles. The number of thiocarbonyl (C=S) groups is 1. The smallest absolute Gasteiger partial charge is 0.166 e. The Labute approximate surface area is 149 Å². The van der Waals surface area contributed by atoms with Crippen molar-refractivity contribution in [2.24, 2.45) is 0 Å². The third-order valence-electron chi connectivity index (χ3n) is 3.36. The summed E-state index contributed by atoms with van der Waals surface area (Å²) in [4.78, 5) is 0. The summed E-state index contributed by atoms with van der Waals surface area (Å²) in [5, 5.41) is 7.04. The predicted octanol–water partition coefficient (Wildman–Crippen LogP) is 3.65. The van der Waals surface area contributed by atoms with Gasteiger partial charge in [-0.25, -0.2) is 0 Å². The molecule has 4 nitrogen and oxygen atoms in total. The van der Waals surface area contributed by atoms with Gasteiger partial charge in [0.1, 0.15) is 11.5 Å². The molecule has 2 N–H and O–H groups in total. The minimum absolute atomic E-state index is 0.184. The number of benzene rings is 2. The fourth-order valence-electron chi connectivity index (χ4n) is 2.13. The van der Waals surface area contributed by atoms with Crippen LogP contribution in [-0.2, 0) is 13.1 Å². The molecule has 0 aliphatic heterocycles. The van der Waals surface area contributed by atoms with Gasteiger partial charge in [0.05, 0.1) is 13.2 Å². The van der Waals surface area contributed by atoms with Crippen molar-refractivity contribution in [1.29, 1.82) is 0 Å². The normalized spacial score (nSPS) is 10.3. The highest BCUT2D eigenvalue weighted by Gasteiger charge is 2.00. The van der Waals surface area contributed by atoms with Crippen molar-refractivity contribution in [3.63, 3.8) is 0 Å². The SMILES string of the molecule is COc1ccc(CNC(=S)NCc2ccc(OC(C)C)cc2)cc1. The maximum absolute atomic E-state index is 5.63. The van der Waals surface area contributed by atoms with Crippen molar-refractivity contribution < 1.29 is 9.47 Å². The Hall–Kier alpha value is -2.27. The monoisotopic (exact) mass is 344 g/mol. The topological polar surface area (TPSA) is 42.5 Å². The summed E-state index contributed by atoms with van der Waals surface area (Å²) in [5.41, 5.74) is 2.30. The van der Waals surface area contributed by atoms with Gasteiger partial charge < -0.3 is 20.1 Å². The Kier molecular flexibility index (Phi) is 6.88. The Morgan fingerprint density at radius 3 is 1.75 bits per heavy atom. The molecule has 0 fully saturated rings. The number of hydrogen-bond donors (Lipinski definition) is 2. The second-order valence-electron chi connectivity index (χ2n) is 5.69. The Morgan fingerprint density at radius 1 is 0.875 bits per heavy atom. The van der Waals surface area contributed by atoms with E-state index in [1.54, 1.807) is 7.11 Å². The Balaban J connectivity index is 1.74. The predicted molar refractivity (Wildman–Crippen MR) is 101 cm³/mol. The number of rotatable bonds is 7. The van der Waals surface area contributed by atoms with Gasteiger partial charge in [0.25, 0.3) is 0 Å². The molecule has 24 heavy (non-hydrogen) atoms. The summed E-state index contributed by atoms with van der Waals surface area (Å²) in [6.45, 7) is 5.39. The van der Waals surface area contributed by atoms with Crippen LogP contribution in [0.15, 0.2) is 48.5 Å². The molecule has 0 aliphatic carbocycles. The molecule has 0 bridgehead atoms. The van der Waals surface area contributed by atoms with Gasteiger partial charge in [-0.3, -0.25) is 0 Å². The van der Waals surface area contributed by atoms with Crippen LogP contribution in [0.2, 0.25) is 0 Å². The second kappa shape index (κ2) is 9.13. The highest BCUT2D eigenvalue weighted by molar-refractivity contribution is 7.80. The van der Waals surface area contributed by atoms with Gasteiger partial charge >= 0.3 is 0 Å². The average molecular weight is 344 g/mol.